The molecule has 8 nitrogen and oxygen atoms in total. The number of rotatable bonds is 2. The Morgan fingerprint density at radius 3 is 2.52 bits per heavy atom. The SMILES string of the molecule is COC1=C(C)C(=O)C2=C(C1=N)[C@@H]1CN(C)C(=O)[C@](OC(C)=O)(C2)N1C. The summed E-state index contributed by atoms with van der Waals surface area (Å²) in [7, 11) is 4.73. The molecule has 3 aliphatic rings. The van der Waals surface area contributed by atoms with Crippen LogP contribution < -0.4 is 0 Å². The van der Waals surface area contributed by atoms with Crippen molar-refractivity contribution < 1.29 is 23.9 Å². The fourth-order valence-electron chi connectivity index (χ4n) is 3.99. The highest BCUT2D eigenvalue weighted by Gasteiger charge is 2.60. The number of methoxy groups -OCH3 is 1. The minimum atomic E-state index is -1.55. The first-order valence-electron chi connectivity index (χ1n) is 7.95. The monoisotopic (exact) mass is 347 g/mol. The van der Waals surface area contributed by atoms with Crippen LogP contribution in [0, 0.1) is 5.41 Å². The molecule has 1 N–H and O–H groups in total. The molecule has 2 atom stereocenters. The lowest BCUT2D eigenvalue weighted by Crippen LogP contribution is -2.72. The van der Waals surface area contributed by atoms with E-state index >= 15 is 0 Å². The number of fused-ring (bicyclic) bond motifs is 3. The van der Waals surface area contributed by atoms with Crippen LogP contribution in [0.25, 0.3) is 0 Å². The fourth-order valence-corrected chi connectivity index (χ4v) is 3.99. The third-order valence-electron chi connectivity index (χ3n) is 5.21. The van der Waals surface area contributed by atoms with Gasteiger partial charge in [0.1, 0.15) is 5.71 Å². The van der Waals surface area contributed by atoms with E-state index in [1.807, 2.05) is 0 Å². The molecule has 2 aliphatic heterocycles. The van der Waals surface area contributed by atoms with Crippen molar-refractivity contribution in [3.63, 3.8) is 0 Å². The number of nitrogens with zero attached hydrogens (tertiary/aromatic N) is 2. The van der Waals surface area contributed by atoms with Gasteiger partial charge in [-0.05, 0) is 14.0 Å². The highest BCUT2D eigenvalue weighted by Crippen LogP contribution is 2.44. The van der Waals surface area contributed by atoms with Gasteiger partial charge in [-0.25, -0.2) is 0 Å². The summed E-state index contributed by atoms with van der Waals surface area (Å²) in [5, 5.41) is 8.50. The van der Waals surface area contributed by atoms with E-state index in [2.05, 4.69) is 0 Å². The van der Waals surface area contributed by atoms with Crippen LogP contribution in [0.15, 0.2) is 22.5 Å². The lowest BCUT2D eigenvalue weighted by atomic mass is 9.74. The van der Waals surface area contributed by atoms with E-state index < -0.39 is 17.7 Å². The van der Waals surface area contributed by atoms with Gasteiger partial charge in [0.25, 0.3) is 5.91 Å². The largest absolute Gasteiger partial charge is 0.494 e. The lowest BCUT2D eigenvalue weighted by molar-refractivity contribution is -0.208. The van der Waals surface area contributed by atoms with Gasteiger partial charge in [0.15, 0.2) is 11.5 Å². The van der Waals surface area contributed by atoms with Gasteiger partial charge < -0.3 is 14.4 Å². The Bertz CT molecular complexity index is 781. The van der Waals surface area contributed by atoms with Crippen molar-refractivity contribution in [3.05, 3.63) is 22.5 Å². The van der Waals surface area contributed by atoms with E-state index in [0.29, 0.717) is 23.3 Å². The normalized spacial score (nSPS) is 29.9. The minimum Gasteiger partial charge on any atom is -0.494 e. The molecule has 0 spiro atoms. The molecule has 0 aromatic heterocycles. The summed E-state index contributed by atoms with van der Waals surface area (Å²) in [6, 6.07) is -0.430. The van der Waals surface area contributed by atoms with Crippen LogP contribution in [0.2, 0.25) is 0 Å². The summed E-state index contributed by atoms with van der Waals surface area (Å²) in [6.45, 7) is 3.13. The van der Waals surface area contributed by atoms with Gasteiger partial charge in [0.2, 0.25) is 5.72 Å². The number of ketones is 1. The first kappa shape index (κ1) is 17.3. The van der Waals surface area contributed by atoms with Gasteiger partial charge in [-0.2, -0.15) is 0 Å². The molecule has 25 heavy (non-hydrogen) atoms. The number of carbonyl (C=O) groups excluding carboxylic acids is 3. The molecular formula is C17H21N3O5. The van der Waals surface area contributed by atoms with Crippen molar-refractivity contribution >= 4 is 23.4 Å². The number of ether oxygens (including phenoxy) is 2. The lowest BCUT2D eigenvalue weighted by Gasteiger charge is -2.54. The molecule has 0 aromatic carbocycles. The molecule has 1 aliphatic carbocycles. The van der Waals surface area contributed by atoms with Crippen LogP contribution >= 0.6 is 0 Å². The van der Waals surface area contributed by atoms with Crippen LogP contribution in [-0.2, 0) is 23.9 Å². The van der Waals surface area contributed by atoms with Crippen molar-refractivity contribution in [2.45, 2.75) is 32.0 Å². The Morgan fingerprint density at radius 2 is 1.96 bits per heavy atom. The zero-order chi connectivity index (χ0) is 18.7. The molecule has 0 aromatic rings. The summed E-state index contributed by atoms with van der Waals surface area (Å²) in [4.78, 5) is 40.5. The Kier molecular flexibility index (Phi) is 3.83. The van der Waals surface area contributed by atoms with E-state index in [9.17, 15) is 14.4 Å². The van der Waals surface area contributed by atoms with Crippen LogP contribution in [0.1, 0.15) is 20.3 Å². The molecule has 0 unspecified atom stereocenters. The van der Waals surface area contributed by atoms with E-state index in [0.717, 1.165) is 0 Å². The molecule has 8 heteroatoms. The molecule has 2 heterocycles. The molecule has 134 valence electrons. The smallest absolute Gasteiger partial charge is 0.304 e. The van der Waals surface area contributed by atoms with Crippen LogP contribution in [0.4, 0.5) is 0 Å². The number of esters is 1. The number of carbonyl (C=O) groups is 3. The third kappa shape index (κ3) is 2.17. The molecule has 0 saturated carbocycles. The number of nitrogens with one attached hydrogen (secondary N) is 1. The second-order valence-electron chi connectivity index (χ2n) is 6.62. The Morgan fingerprint density at radius 1 is 1.32 bits per heavy atom. The Balaban J connectivity index is 2.21. The first-order chi connectivity index (χ1) is 11.7. The average molecular weight is 347 g/mol. The number of amides is 1. The zero-order valence-electron chi connectivity index (χ0n) is 14.9. The number of likely N-dealkylation sites (N-methyl/N-ethyl adjacent to an activating group) is 2. The van der Waals surface area contributed by atoms with Gasteiger partial charge in [-0.1, -0.05) is 0 Å². The van der Waals surface area contributed by atoms with Gasteiger partial charge >= 0.3 is 5.97 Å². The van der Waals surface area contributed by atoms with Crippen molar-refractivity contribution in [1.82, 2.24) is 9.80 Å². The van der Waals surface area contributed by atoms with Crippen molar-refractivity contribution in [2.75, 3.05) is 27.7 Å². The molecule has 1 fully saturated rings. The van der Waals surface area contributed by atoms with Gasteiger partial charge in [0.05, 0.1) is 13.2 Å². The number of hydrogen-bond acceptors (Lipinski definition) is 7. The number of piperazine rings is 1. The topological polar surface area (TPSA) is 100 Å². The van der Waals surface area contributed by atoms with Gasteiger partial charge in [0, 0.05) is 43.7 Å². The number of allylic oxidation sites excluding steroid dienone is 2. The molecule has 1 saturated heterocycles. The predicted molar refractivity (Wildman–Crippen MR) is 87.8 cm³/mol. The second kappa shape index (κ2) is 5.52. The first-order valence-corrected chi connectivity index (χ1v) is 7.95. The zero-order valence-corrected chi connectivity index (χ0v) is 14.9. The molecular weight excluding hydrogens is 326 g/mol. The summed E-state index contributed by atoms with van der Waals surface area (Å²) < 4.78 is 10.7. The van der Waals surface area contributed by atoms with Crippen LogP contribution in [0.3, 0.4) is 0 Å². The van der Waals surface area contributed by atoms with E-state index in [4.69, 9.17) is 14.9 Å². The molecule has 1 amide bonds. The summed E-state index contributed by atoms with van der Waals surface area (Å²) in [5.74, 6) is -0.987. The van der Waals surface area contributed by atoms with Crippen molar-refractivity contribution in [3.8, 4) is 0 Å². The summed E-state index contributed by atoms with van der Waals surface area (Å²) >= 11 is 0. The number of Topliss-reactive ketones (excluding diaryl/α,β-unsaturated/α-hetero) is 1. The van der Waals surface area contributed by atoms with E-state index in [1.54, 1.807) is 25.9 Å². The van der Waals surface area contributed by atoms with Crippen LogP contribution in [-0.4, -0.2) is 72.7 Å². The maximum absolute atomic E-state index is 12.9. The summed E-state index contributed by atoms with van der Waals surface area (Å²) in [5.41, 5.74) is -0.187. The highest BCUT2D eigenvalue weighted by atomic mass is 16.6. The number of hydrogen-bond donors (Lipinski definition) is 1. The van der Waals surface area contributed by atoms with Crippen molar-refractivity contribution in [1.29, 1.82) is 5.41 Å². The Labute approximate surface area is 145 Å². The van der Waals surface area contributed by atoms with E-state index in [1.165, 1.54) is 18.9 Å². The highest BCUT2D eigenvalue weighted by molar-refractivity contribution is 6.26. The summed E-state index contributed by atoms with van der Waals surface area (Å²) in [6.07, 6.45) is -0.0758. The average Bonchev–Trinajstić information content (AvgIpc) is 2.54. The quantitative estimate of drug-likeness (QED) is 0.567. The molecule has 3 rings (SSSR count). The minimum absolute atomic E-state index is 0.0758. The fraction of sp³-hybridized carbons (Fsp3) is 0.529. The van der Waals surface area contributed by atoms with E-state index in [-0.39, 0.29) is 29.6 Å². The second-order valence-corrected chi connectivity index (χ2v) is 6.62. The van der Waals surface area contributed by atoms with Gasteiger partial charge in [-0.3, -0.25) is 24.7 Å². The predicted octanol–water partition coefficient (Wildman–Crippen LogP) is 0.241. The third-order valence-corrected chi connectivity index (χ3v) is 5.21. The van der Waals surface area contributed by atoms with Gasteiger partial charge in [-0.15, -0.1) is 0 Å². The maximum atomic E-state index is 12.9. The Hall–Kier alpha value is -2.48. The van der Waals surface area contributed by atoms with Crippen LogP contribution in [0.5, 0.6) is 0 Å². The molecule has 2 bridgehead atoms. The standard InChI is InChI=1S/C17H21N3O5/c1-8-14(22)10-6-17(25-9(2)21)16(23)19(3)7-11(20(17)4)12(10)13(18)15(8)24-5/h11,18H,6-7H2,1-5H3/t11-,17+/m0/s1. The van der Waals surface area contributed by atoms with Crippen molar-refractivity contribution in [2.24, 2.45) is 0 Å². The molecule has 0 radical (unpaired) electrons. The maximum Gasteiger partial charge on any atom is 0.304 e.